The number of nitrogens with zero attached hydrogens (tertiary/aromatic N) is 4. The van der Waals surface area contributed by atoms with Gasteiger partial charge in [-0.05, 0) is 85.5 Å². The van der Waals surface area contributed by atoms with Crippen LogP contribution in [0, 0.1) is 0 Å². The Morgan fingerprint density at radius 1 is 0.825 bits per heavy atom. The molecule has 0 unspecified atom stereocenters. The molecule has 3 aromatic carbocycles. The van der Waals surface area contributed by atoms with Crippen molar-refractivity contribution in [2.45, 2.75) is 24.8 Å². The van der Waals surface area contributed by atoms with Crippen LogP contribution in [-0.2, 0) is 10.3 Å². The second-order valence-electron chi connectivity index (χ2n) is 10.7. The average Bonchev–Trinajstić information content (AvgIpc) is 3.39. The number of hydrogen-bond donors (Lipinski definition) is 1. The Labute approximate surface area is 234 Å². The molecule has 0 amide bonds. The van der Waals surface area contributed by atoms with Crippen LogP contribution >= 0.6 is 0 Å². The molecule has 0 radical (unpaired) electrons. The van der Waals surface area contributed by atoms with Gasteiger partial charge in [0.15, 0.2) is 5.65 Å². The maximum absolute atomic E-state index is 6.63. The Morgan fingerprint density at radius 2 is 1.60 bits per heavy atom. The third kappa shape index (κ3) is 4.41. The lowest BCUT2D eigenvalue weighted by molar-refractivity contribution is 0.122. The summed E-state index contributed by atoms with van der Waals surface area (Å²) >= 11 is 0. The van der Waals surface area contributed by atoms with Crippen LogP contribution in [0.4, 0.5) is 5.69 Å². The lowest BCUT2D eigenvalue weighted by Crippen LogP contribution is -2.43. The summed E-state index contributed by atoms with van der Waals surface area (Å²) in [6.45, 7) is 3.31. The number of ether oxygens (including phenoxy) is 2. The fourth-order valence-electron chi connectivity index (χ4n) is 5.77. The summed E-state index contributed by atoms with van der Waals surface area (Å²) in [5.74, 6) is 1.65. The number of rotatable bonds is 6. The molecule has 40 heavy (non-hydrogen) atoms. The van der Waals surface area contributed by atoms with E-state index in [1.807, 2.05) is 24.3 Å². The highest BCUT2D eigenvalue weighted by Crippen LogP contribution is 2.39. The van der Waals surface area contributed by atoms with Crippen molar-refractivity contribution in [3.63, 3.8) is 0 Å². The maximum atomic E-state index is 6.63. The number of pyridine rings is 1. The van der Waals surface area contributed by atoms with Gasteiger partial charge < -0.3 is 20.1 Å². The Kier molecular flexibility index (Phi) is 6.25. The Balaban J connectivity index is 1.35. The van der Waals surface area contributed by atoms with E-state index < -0.39 is 0 Å². The van der Waals surface area contributed by atoms with Crippen LogP contribution in [0.15, 0.2) is 84.9 Å². The first-order valence-electron chi connectivity index (χ1n) is 14.0. The Hall–Kier alpha value is -4.20. The van der Waals surface area contributed by atoms with E-state index >= 15 is 0 Å². The van der Waals surface area contributed by atoms with Crippen LogP contribution in [0.1, 0.15) is 24.8 Å². The van der Waals surface area contributed by atoms with Crippen LogP contribution in [0.5, 0.6) is 5.75 Å². The van der Waals surface area contributed by atoms with Gasteiger partial charge >= 0.3 is 0 Å². The molecule has 0 spiro atoms. The molecule has 1 saturated heterocycles. The van der Waals surface area contributed by atoms with Crippen molar-refractivity contribution in [2.24, 2.45) is 5.73 Å². The number of hydrogen-bond acceptors (Lipinski definition) is 6. The summed E-state index contributed by atoms with van der Waals surface area (Å²) in [6, 6.07) is 29.4. The van der Waals surface area contributed by atoms with Crippen LogP contribution in [0.2, 0.25) is 0 Å². The Bertz CT molecular complexity index is 1650. The SMILES string of the molecule is COc1ccc(-c2nc3ccc(-c4cccc(N5CCOCC5)c4)nc3n2-c2ccc(C3(N)CCC3)cc2)cc1. The summed E-state index contributed by atoms with van der Waals surface area (Å²) < 4.78 is 13.1. The van der Waals surface area contributed by atoms with E-state index in [1.54, 1.807) is 7.11 Å². The molecule has 7 rings (SSSR count). The highest BCUT2D eigenvalue weighted by Gasteiger charge is 2.34. The van der Waals surface area contributed by atoms with Gasteiger partial charge in [0.1, 0.15) is 17.1 Å². The first kappa shape index (κ1) is 24.8. The van der Waals surface area contributed by atoms with Crippen molar-refractivity contribution >= 4 is 16.9 Å². The van der Waals surface area contributed by atoms with Crippen molar-refractivity contribution in [2.75, 3.05) is 38.3 Å². The molecule has 2 aromatic heterocycles. The van der Waals surface area contributed by atoms with Gasteiger partial charge in [-0.2, -0.15) is 0 Å². The third-order valence-corrected chi connectivity index (χ3v) is 8.32. The minimum atomic E-state index is -0.203. The van der Waals surface area contributed by atoms with E-state index in [0.29, 0.717) is 0 Å². The van der Waals surface area contributed by atoms with E-state index in [9.17, 15) is 0 Å². The van der Waals surface area contributed by atoms with Crippen molar-refractivity contribution in [3.8, 4) is 34.1 Å². The summed E-state index contributed by atoms with van der Waals surface area (Å²) in [5.41, 5.74) is 14.5. The normalized spacial score (nSPS) is 16.6. The topological polar surface area (TPSA) is 78.4 Å². The van der Waals surface area contributed by atoms with Gasteiger partial charge in [0.05, 0.1) is 26.0 Å². The largest absolute Gasteiger partial charge is 0.497 e. The van der Waals surface area contributed by atoms with Gasteiger partial charge in [-0.1, -0.05) is 24.3 Å². The molecule has 202 valence electrons. The maximum Gasteiger partial charge on any atom is 0.165 e. The number of aromatic nitrogens is 3. The van der Waals surface area contributed by atoms with Gasteiger partial charge in [-0.15, -0.1) is 0 Å². The predicted molar refractivity (Wildman–Crippen MR) is 159 cm³/mol. The molecular formula is C33H33N5O2. The van der Waals surface area contributed by atoms with Gasteiger partial charge in [0, 0.05) is 41.1 Å². The summed E-state index contributed by atoms with van der Waals surface area (Å²) in [5, 5.41) is 0. The van der Waals surface area contributed by atoms with Crippen LogP contribution in [0.3, 0.4) is 0 Å². The molecule has 7 heteroatoms. The van der Waals surface area contributed by atoms with Crippen molar-refractivity contribution in [3.05, 3.63) is 90.5 Å². The summed E-state index contributed by atoms with van der Waals surface area (Å²) in [4.78, 5) is 12.6. The van der Waals surface area contributed by atoms with Crippen molar-refractivity contribution in [1.29, 1.82) is 0 Å². The quantitative estimate of drug-likeness (QED) is 0.292. The fraction of sp³-hybridized carbons (Fsp3) is 0.273. The van der Waals surface area contributed by atoms with Gasteiger partial charge in [0.2, 0.25) is 0 Å². The van der Waals surface area contributed by atoms with Crippen molar-refractivity contribution in [1.82, 2.24) is 14.5 Å². The van der Waals surface area contributed by atoms with E-state index in [4.69, 9.17) is 25.2 Å². The number of morpholine rings is 1. The van der Waals surface area contributed by atoms with Crippen LogP contribution in [-0.4, -0.2) is 47.9 Å². The number of imidazole rings is 1. The average molecular weight is 532 g/mol. The fourth-order valence-corrected chi connectivity index (χ4v) is 5.77. The van der Waals surface area contributed by atoms with Gasteiger partial charge in [-0.3, -0.25) is 4.57 Å². The summed E-state index contributed by atoms with van der Waals surface area (Å²) in [7, 11) is 1.68. The van der Waals surface area contributed by atoms with E-state index in [1.165, 1.54) is 17.7 Å². The van der Waals surface area contributed by atoms with Gasteiger partial charge in [-0.25, -0.2) is 9.97 Å². The Morgan fingerprint density at radius 3 is 2.30 bits per heavy atom. The minimum absolute atomic E-state index is 0.203. The monoisotopic (exact) mass is 531 g/mol. The lowest BCUT2D eigenvalue weighted by atomic mass is 9.73. The molecular weight excluding hydrogens is 498 g/mol. The van der Waals surface area contributed by atoms with Gasteiger partial charge in [0.25, 0.3) is 0 Å². The molecule has 2 aliphatic rings. The number of fused-ring (bicyclic) bond motifs is 1. The van der Waals surface area contributed by atoms with E-state index in [2.05, 4.69) is 70.1 Å². The standard InChI is InChI=1S/C33H33N5O2/c1-39-28-12-6-23(7-13-28)31-36-30-15-14-29(24-4-2-5-27(22-24)37-18-20-40-21-19-37)35-32(30)38(31)26-10-8-25(9-11-26)33(34)16-3-17-33/h2,4-15,22H,3,16-21,34H2,1H3. The predicted octanol–water partition coefficient (Wildman–Crippen LogP) is 5.94. The molecule has 2 fully saturated rings. The van der Waals surface area contributed by atoms with Crippen LogP contribution < -0.4 is 15.4 Å². The zero-order chi connectivity index (χ0) is 27.1. The lowest BCUT2D eigenvalue weighted by Gasteiger charge is -2.38. The zero-order valence-corrected chi connectivity index (χ0v) is 22.7. The number of nitrogens with two attached hydrogens (primary N) is 1. The second-order valence-corrected chi connectivity index (χ2v) is 10.7. The highest BCUT2D eigenvalue weighted by atomic mass is 16.5. The number of anilines is 1. The zero-order valence-electron chi connectivity index (χ0n) is 22.7. The molecule has 7 nitrogen and oxygen atoms in total. The molecule has 3 heterocycles. The minimum Gasteiger partial charge on any atom is -0.497 e. The third-order valence-electron chi connectivity index (χ3n) is 8.32. The van der Waals surface area contributed by atoms with Crippen molar-refractivity contribution < 1.29 is 9.47 Å². The molecule has 0 atom stereocenters. The number of methoxy groups -OCH3 is 1. The van der Waals surface area contributed by atoms with E-state index in [-0.39, 0.29) is 5.54 Å². The molecule has 0 bridgehead atoms. The molecule has 1 aliphatic carbocycles. The molecule has 2 N–H and O–H groups in total. The highest BCUT2D eigenvalue weighted by molar-refractivity contribution is 5.83. The molecule has 1 saturated carbocycles. The first-order valence-corrected chi connectivity index (χ1v) is 14.0. The second kappa shape index (κ2) is 10.1. The summed E-state index contributed by atoms with van der Waals surface area (Å²) in [6.07, 6.45) is 3.25. The van der Waals surface area contributed by atoms with Crippen LogP contribution in [0.25, 0.3) is 39.5 Å². The van der Waals surface area contributed by atoms with E-state index in [0.717, 1.165) is 84.4 Å². The first-order chi connectivity index (χ1) is 19.6. The smallest absolute Gasteiger partial charge is 0.165 e. The molecule has 1 aliphatic heterocycles. The number of benzene rings is 3. The molecule has 5 aromatic rings.